The molecule has 0 aliphatic heterocycles. The maximum absolute atomic E-state index is 12.6. The molecule has 0 aliphatic carbocycles. The van der Waals surface area contributed by atoms with Gasteiger partial charge in [0.25, 0.3) is 10.0 Å². The first kappa shape index (κ1) is 24.4. The van der Waals surface area contributed by atoms with E-state index in [4.69, 9.17) is 0 Å². The van der Waals surface area contributed by atoms with Gasteiger partial charge >= 0.3 is 0 Å². The molecule has 174 valence electrons. The molecule has 1 heterocycles. The lowest BCUT2D eigenvalue weighted by molar-refractivity contribution is -0.116. The van der Waals surface area contributed by atoms with Crippen LogP contribution in [0.25, 0.3) is 0 Å². The fourth-order valence-electron chi connectivity index (χ4n) is 2.85. The van der Waals surface area contributed by atoms with Crippen molar-refractivity contribution in [3.8, 4) is 0 Å². The fraction of sp³-hybridized carbons (Fsp3) is 0.182. The van der Waals surface area contributed by atoms with E-state index >= 15 is 0 Å². The number of aromatic nitrogens is 1. The van der Waals surface area contributed by atoms with Gasteiger partial charge in [0.05, 0.1) is 4.90 Å². The molecular formula is C22H24N4O5S2. The lowest BCUT2D eigenvalue weighted by Crippen LogP contribution is -2.27. The van der Waals surface area contributed by atoms with Crippen LogP contribution in [0.1, 0.15) is 17.5 Å². The van der Waals surface area contributed by atoms with Crippen LogP contribution in [-0.2, 0) is 24.8 Å². The minimum absolute atomic E-state index is 0.0108. The molecule has 0 saturated carbocycles. The van der Waals surface area contributed by atoms with Crippen molar-refractivity contribution in [1.29, 1.82) is 0 Å². The van der Waals surface area contributed by atoms with E-state index in [-0.39, 0.29) is 22.8 Å². The van der Waals surface area contributed by atoms with Crippen LogP contribution >= 0.6 is 0 Å². The predicted octanol–water partition coefficient (Wildman–Crippen LogP) is 2.81. The number of carbonyl (C=O) groups excluding carboxylic acids is 1. The molecule has 0 radical (unpaired) electrons. The van der Waals surface area contributed by atoms with Gasteiger partial charge < -0.3 is 5.32 Å². The summed E-state index contributed by atoms with van der Waals surface area (Å²) >= 11 is 0. The van der Waals surface area contributed by atoms with E-state index in [1.807, 2.05) is 19.9 Å². The van der Waals surface area contributed by atoms with E-state index in [1.54, 1.807) is 12.1 Å². The summed E-state index contributed by atoms with van der Waals surface area (Å²) in [5.41, 5.74) is 2.88. The lowest BCUT2D eigenvalue weighted by atomic mass is 10.1. The summed E-state index contributed by atoms with van der Waals surface area (Å²) in [5.74, 6) is -0.423. The number of sulfonamides is 2. The van der Waals surface area contributed by atoms with E-state index in [9.17, 15) is 21.6 Å². The van der Waals surface area contributed by atoms with Gasteiger partial charge in [-0.15, -0.1) is 0 Å². The van der Waals surface area contributed by atoms with Crippen molar-refractivity contribution in [1.82, 2.24) is 9.71 Å². The zero-order valence-electron chi connectivity index (χ0n) is 18.1. The largest absolute Gasteiger partial charge is 0.326 e. The molecule has 1 aromatic heterocycles. The summed E-state index contributed by atoms with van der Waals surface area (Å²) in [4.78, 5) is 15.9. The van der Waals surface area contributed by atoms with Crippen molar-refractivity contribution in [2.24, 2.45) is 0 Å². The highest BCUT2D eigenvalue weighted by atomic mass is 32.2. The number of aryl methyl sites for hydroxylation is 2. The summed E-state index contributed by atoms with van der Waals surface area (Å²) in [6.07, 6.45) is 2.57. The van der Waals surface area contributed by atoms with Crippen LogP contribution in [0.2, 0.25) is 0 Å². The van der Waals surface area contributed by atoms with Gasteiger partial charge in [-0.1, -0.05) is 6.07 Å². The van der Waals surface area contributed by atoms with Gasteiger partial charge in [0.2, 0.25) is 15.9 Å². The Morgan fingerprint density at radius 2 is 1.55 bits per heavy atom. The molecular weight excluding hydrogens is 464 g/mol. The van der Waals surface area contributed by atoms with Gasteiger partial charge in [-0.05, 0) is 73.5 Å². The number of pyridine rings is 1. The second-order valence-corrected chi connectivity index (χ2v) is 10.8. The van der Waals surface area contributed by atoms with Crippen LogP contribution in [0.4, 0.5) is 11.4 Å². The average Bonchev–Trinajstić information content (AvgIpc) is 2.77. The molecule has 2 aromatic carbocycles. The van der Waals surface area contributed by atoms with E-state index in [1.165, 1.54) is 48.8 Å². The van der Waals surface area contributed by atoms with Crippen molar-refractivity contribution in [3.63, 3.8) is 0 Å². The molecule has 0 unspecified atom stereocenters. The van der Waals surface area contributed by atoms with Crippen molar-refractivity contribution in [2.45, 2.75) is 30.1 Å². The van der Waals surface area contributed by atoms with E-state index in [0.717, 1.165) is 11.1 Å². The number of hydrogen-bond acceptors (Lipinski definition) is 6. The Bertz CT molecular complexity index is 1340. The minimum Gasteiger partial charge on any atom is -0.326 e. The molecule has 11 heteroatoms. The summed E-state index contributed by atoms with van der Waals surface area (Å²) in [5, 5.41) is 2.61. The van der Waals surface area contributed by atoms with Gasteiger partial charge in [0.1, 0.15) is 4.90 Å². The highest BCUT2D eigenvalue weighted by molar-refractivity contribution is 7.92. The molecule has 9 nitrogen and oxygen atoms in total. The summed E-state index contributed by atoms with van der Waals surface area (Å²) in [6.45, 7) is 3.74. The second-order valence-electron chi connectivity index (χ2n) is 7.31. The first-order valence-corrected chi connectivity index (χ1v) is 12.9. The highest BCUT2D eigenvalue weighted by Crippen LogP contribution is 2.20. The van der Waals surface area contributed by atoms with Gasteiger partial charge in [-0.2, -0.15) is 0 Å². The van der Waals surface area contributed by atoms with Crippen molar-refractivity contribution < 1.29 is 21.6 Å². The SMILES string of the molecule is Cc1ccc(NS(=O)(=O)c2ccc(NC(=O)CCNS(=O)(=O)c3cccnc3)cc2)cc1C. The summed E-state index contributed by atoms with van der Waals surface area (Å²) in [7, 11) is -7.54. The Hall–Kier alpha value is -3.28. The Morgan fingerprint density at radius 3 is 2.18 bits per heavy atom. The number of hydrogen-bond donors (Lipinski definition) is 3. The Kier molecular flexibility index (Phi) is 7.46. The molecule has 0 atom stereocenters. The maximum Gasteiger partial charge on any atom is 0.261 e. The quantitative estimate of drug-likeness (QED) is 0.424. The smallest absolute Gasteiger partial charge is 0.261 e. The molecule has 3 aromatic rings. The van der Waals surface area contributed by atoms with Gasteiger partial charge in [-0.25, -0.2) is 21.6 Å². The van der Waals surface area contributed by atoms with Crippen LogP contribution in [0.3, 0.4) is 0 Å². The monoisotopic (exact) mass is 488 g/mol. The van der Waals surface area contributed by atoms with Crippen LogP contribution in [-0.4, -0.2) is 34.3 Å². The predicted molar refractivity (Wildman–Crippen MR) is 126 cm³/mol. The molecule has 0 fully saturated rings. The number of rotatable bonds is 9. The van der Waals surface area contributed by atoms with E-state index in [2.05, 4.69) is 19.7 Å². The van der Waals surface area contributed by atoms with Crippen LogP contribution in [0, 0.1) is 13.8 Å². The van der Waals surface area contributed by atoms with E-state index < -0.39 is 26.0 Å². The number of nitrogens with zero attached hydrogens (tertiary/aromatic N) is 1. The third-order valence-corrected chi connectivity index (χ3v) is 7.64. The molecule has 33 heavy (non-hydrogen) atoms. The third-order valence-electron chi connectivity index (χ3n) is 4.80. The normalized spacial score (nSPS) is 11.7. The van der Waals surface area contributed by atoms with Crippen LogP contribution in [0.15, 0.2) is 76.8 Å². The zero-order valence-corrected chi connectivity index (χ0v) is 19.7. The minimum atomic E-state index is -3.79. The van der Waals surface area contributed by atoms with Gasteiger partial charge in [0, 0.05) is 36.7 Å². The van der Waals surface area contributed by atoms with Gasteiger partial charge in [0.15, 0.2) is 0 Å². The van der Waals surface area contributed by atoms with Crippen molar-refractivity contribution >= 4 is 37.3 Å². The van der Waals surface area contributed by atoms with Crippen molar-refractivity contribution in [2.75, 3.05) is 16.6 Å². The van der Waals surface area contributed by atoms with Crippen LogP contribution in [0.5, 0.6) is 0 Å². The number of benzene rings is 2. The molecule has 1 amide bonds. The Balaban J connectivity index is 1.55. The van der Waals surface area contributed by atoms with Gasteiger partial charge in [-0.3, -0.25) is 14.5 Å². The first-order chi connectivity index (χ1) is 15.6. The molecule has 3 rings (SSSR count). The number of carbonyl (C=O) groups is 1. The van der Waals surface area contributed by atoms with Crippen molar-refractivity contribution in [3.05, 3.63) is 78.1 Å². The summed E-state index contributed by atoms with van der Waals surface area (Å²) < 4.78 is 54.3. The fourth-order valence-corrected chi connectivity index (χ4v) is 4.89. The van der Waals surface area contributed by atoms with Crippen LogP contribution < -0.4 is 14.8 Å². The standard InChI is InChI=1S/C22H24N4O5S2/c1-16-5-6-19(14-17(16)2)26-33(30,31)20-9-7-18(8-10-20)25-22(27)11-13-24-32(28,29)21-4-3-12-23-15-21/h3-10,12,14-15,24,26H,11,13H2,1-2H3,(H,25,27). The second kappa shape index (κ2) is 10.1. The number of amides is 1. The highest BCUT2D eigenvalue weighted by Gasteiger charge is 2.16. The molecule has 0 spiro atoms. The number of nitrogens with one attached hydrogen (secondary N) is 3. The van der Waals surface area contributed by atoms with E-state index in [0.29, 0.717) is 11.4 Å². The number of anilines is 2. The Labute approximate surface area is 193 Å². The molecule has 3 N–H and O–H groups in total. The topological polar surface area (TPSA) is 134 Å². The average molecular weight is 489 g/mol. The summed E-state index contributed by atoms with van der Waals surface area (Å²) in [6, 6.07) is 13.9. The molecule has 0 saturated heterocycles. The lowest BCUT2D eigenvalue weighted by Gasteiger charge is -2.11. The zero-order chi connectivity index (χ0) is 24.1. The molecule has 0 bridgehead atoms. The third kappa shape index (κ3) is 6.60. The molecule has 0 aliphatic rings. The Morgan fingerprint density at radius 1 is 0.848 bits per heavy atom. The maximum atomic E-state index is 12.6. The first-order valence-electron chi connectivity index (χ1n) is 9.96.